The second kappa shape index (κ2) is 7.49. The number of hydrogen-bond donors (Lipinski definition) is 2. The fourth-order valence-electron chi connectivity index (χ4n) is 2.68. The van der Waals surface area contributed by atoms with E-state index < -0.39 is 32.6 Å². The Bertz CT molecular complexity index is 956. The standard InChI is InChI=1S/C16H18F2N4O3S2/c1-9(2)19-15(23)21-16-20-12-6-7-22(8-13(12)26-16)27(24,25)14-10(17)4-3-5-11(14)18/h3-5,9H,6-8H2,1-2H3,(H2,19,20,21,23). The number of nitrogens with zero attached hydrogens (tertiary/aromatic N) is 2. The van der Waals surface area contributed by atoms with Gasteiger partial charge in [-0.25, -0.2) is 27.0 Å². The van der Waals surface area contributed by atoms with Gasteiger partial charge in [0.05, 0.1) is 12.2 Å². The molecule has 1 aliphatic rings. The Kier molecular flexibility index (Phi) is 5.45. The smallest absolute Gasteiger partial charge is 0.321 e. The number of carbonyl (C=O) groups excluding carboxylic acids is 1. The van der Waals surface area contributed by atoms with E-state index in [1.807, 2.05) is 13.8 Å². The van der Waals surface area contributed by atoms with Crippen molar-refractivity contribution < 1.29 is 22.0 Å². The molecule has 0 saturated heterocycles. The number of hydrogen-bond acceptors (Lipinski definition) is 5. The molecule has 27 heavy (non-hydrogen) atoms. The average molecular weight is 416 g/mol. The van der Waals surface area contributed by atoms with Crippen LogP contribution in [0.3, 0.4) is 0 Å². The van der Waals surface area contributed by atoms with E-state index in [0.29, 0.717) is 15.7 Å². The summed E-state index contributed by atoms with van der Waals surface area (Å²) in [7, 11) is -4.33. The van der Waals surface area contributed by atoms with Gasteiger partial charge in [0.1, 0.15) is 11.6 Å². The first-order chi connectivity index (χ1) is 12.7. The molecule has 2 N–H and O–H groups in total. The maximum absolute atomic E-state index is 13.9. The molecule has 2 heterocycles. The van der Waals surface area contributed by atoms with E-state index in [1.54, 1.807) is 0 Å². The zero-order valence-corrected chi connectivity index (χ0v) is 16.3. The predicted octanol–water partition coefficient (Wildman–Crippen LogP) is 2.70. The maximum Gasteiger partial charge on any atom is 0.321 e. The molecule has 1 aromatic carbocycles. The molecule has 1 aromatic heterocycles. The molecule has 0 unspecified atom stereocenters. The number of sulfonamides is 1. The summed E-state index contributed by atoms with van der Waals surface area (Å²) >= 11 is 1.14. The molecule has 1 aliphatic heterocycles. The average Bonchev–Trinajstić information content (AvgIpc) is 2.94. The Morgan fingerprint density at radius 1 is 1.30 bits per heavy atom. The number of fused-ring (bicyclic) bond motifs is 1. The van der Waals surface area contributed by atoms with Crippen LogP contribution in [-0.4, -0.2) is 36.3 Å². The zero-order valence-electron chi connectivity index (χ0n) is 14.6. The van der Waals surface area contributed by atoms with Crippen LogP contribution in [0, 0.1) is 11.6 Å². The predicted molar refractivity (Wildman–Crippen MR) is 97.1 cm³/mol. The Morgan fingerprint density at radius 2 is 1.96 bits per heavy atom. The van der Waals surface area contributed by atoms with Gasteiger partial charge < -0.3 is 5.32 Å². The van der Waals surface area contributed by atoms with Crippen molar-refractivity contribution in [3.05, 3.63) is 40.4 Å². The number of rotatable bonds is 4. The lowest BCUT2D eigenvalue weighted by atomic mass is 10.2. The van der Waals surface area contributed by atoms with Crippen LogP contribution in [0.1, 0.15) is 24.4 Å². The molecule has 0 saturated carbocycles. The van der Waals surface area contributed by atoms with Crippen molar-refractivity contribution in [3.63, 3.8) is 0 Å². The van der Waals surface area contributed by atoms with Gasteiger partial charge >= 0.3 is 6.03 Å². The van der Waals surface area contributed by atoms with E-state index in [4.69, 9.17) is 0 Å². The fraction of sp³-hybridized carbons (Fsp3) is 0.375. The number of carbonyl (C=O) groups is 1. The second-order valence-corrected chi connectivity index (χ2v) is 9.24. The molecule has 11 heteroatoms. The van der Waals surface area contributed by atoms with Crippen molar-refractivity contribution in [1.29, 1.82) is 0 Å². The van der Waals surface area contributed by atoms with Crippen LogP contribution in [0.5, 0.6) is 0 Å². The number of thiazole rings is 1. The van der Waals surface area contributed by atoms with Gasteiger partial charge in [-0.3, -0.25) is 5.32 Å². The Labute approximate surface area is 159 Å². The molecule has 146 valence electrons. The Balaban J connectivity index is 1.81. The highest BCUT2D eigenvalue weighted by Gasteiger charge is 2.34. The van der Waals surface area contributed by atoms with Gasteiger partial charge in [0.25, 0.3) is 0 Å². The third-order valence-electron chi connectivity index (χ3n) is 3.85. The van der Waals surface area contributed by atoms with Crippen molar-refractivity contribution in [2.45, 2.75) is 37.8 Å². The molecule has 0 aliphatic carbocycles. The van der Waals surface area contributed by atoms with E-state index in [1.165, 1.54) is 0 Å². The highest BCUT2D eigenvalue weighted by Crippen LogP contribution is 2.32. The van der Waals surface area contributed by atoms with Gasteiger partial charge in [0, 0.05) is 23.9 Å². The minimum atomic E-state index is -4.33. The highest BCUT2D eigenvalue weighted by molar-refractivity contribution is 7.89. The second-order valence-electron chi connectivity index (χ2n) is 6.28. The van der Waals surface area contributed by atoms with Crippen molar-refractivity contribution in [1.82, 2.24) is 14.6 Å². The van der Waals surface area contributed by atoms with Crippen molar-refractivity contribution in [2.75, 3.05) is 11.9 Å². The van der Waals surface area contributed by atoms with Crippen LogP contribution in [-0.2, 0) is 23.0 Å². The largest absolute Gasteiger partial charge is 0.336 e. The van der Waals surface area contributed by atoms with Crippen LogP contribution in [0.2, 0.25) is 0 Å². The third-order valence-corrected chi connectivity index (χ3v) is 6.75. The molecule has 0 bridgehead atoms. The Hall–Kier alpha value is -2.11. The number of benzene rings is 1. The number of urea groups is 1. The van der Waals surface area contributed by atoms with Gasteiger partial charge in [-0.15, -0.1) is 0 Å². The third kappa shape index (κ3) is 4.09. The molecule has 0 fully saturated rings. The molecule has 0 radical (unpaired) electrons. The van der Waals surface area contributed by atoms with Crippen LogP contribution < -0.4 is 10.6 Å². The molecule has 7 nitrogen and oxygen atoms in total. The van der Waals surface area contributed by atoms with Crippen molar-refractivity contribution in [3.8, 4) is 0 Å². The molecule has 0 spiro atoms. The molecule has 2 amide bonds. The van der Waals surface area contributed by atoms with Crippen molar-refractivity contribution >= 4 is 32.5 Å². The first-order valence-electron chi connectivity index (χ1n) is 8.18. The van der Waals surface area contributed by atoms with E-state index >= 15 is 0 Å². The highest BCUT2D eigenvalue weighted by atomic mass is 32.2. The quantitative estimate of drug-likeness (QED) is 0.802. The van der Waals surface area contributed by atoms with Crippen LogP contribution >= 0.6 is 11.3 Å². The summed E-state index contributed by atoms with van der Waals surface area (Å²) < 4.78 is 54.3. The first kappa shape index (κ1) is 19.6. The zero-order chi connectivity index (χ0) is 19.8. The number of aromatic nitrogens is 1. The minimum Gasteiger partial charge on any atom is -0.336 e. The summed E-state index contributed by atoms with van der Waals surface area (Å²) in [5.74, 6) is -2.25. The lowest BCUT2D eigenvalue weighted by molar-refractivity contribution is 0.250. The summed E-state index contributed by atoms with van der Waals surface area (Å²) in [6.45, 7) is 3.62. The molecule has 2 aromatic rings. The van der Waals surface area contributed by atoms with Gasteiger partial charge in [-0.05, 0) is 26.0 Å². The first-order valence-corrected chi connectivity index (χ1v) is 10.4. The summed E-state index contributed by atoms with van der Waals surface area (Å²) in [5, 5.41) is 5.61. The minimum absolute atomic E-state index is 0.0455. The molecular formula is C16H18F2N4O3S2. The maximum atomic E-state index is 13.9. The molecule has 3 rings (SSSR count). The fourth-order valence-corrected chi connectivity index (χ4v) is 5.30. The number of anilines is 1. The number of nitrogens with one attached hydrogen (secondary N) is 2. The van der Waals surface area contributed by atoms with E-state index in [2.05, 4.69) is 15.6 Å². The van der Waals surface area contributed by atoms with Crippen LogP contribution in [0.25, 0.3) is 0 Å². The number of halogens is 2. The van der Waals surface area contributed by atoms with Gasteiger partial charge in [0.2, 0.25) is 10.0 Å². The lowest BCUT2D eigenvalue weighted by Gasteiger charge is -2.25. The van der Waals surface area contributed by atoms with Gasteiger partial charge in [-0.1, -0.05) is 17.4 Å². The van der Waals surface area contributed by atoms with E-state index in [0.717, 1.165) is 33.8 Å². The molecule has 0 atom stereocenters. The van der Waals surface area contributed by atoms with Gasteiger partial charge in [-0.2, -0.15) is 4.31 Å². The topological polar surface area (TPSA) is 91.4 Å². The van der Waals surface area contributed by atoms with Crippen LogP contribution in [0.15, 0.2) is 23.1 Å². The normalized spacial score (nSPS) is 14.9. The number of amides is 2. The van der Waals surface area contributed by atoms with Crippen molar-refractivity contribution in [2.24, 2.45) is 0 Å². The summed E-state index contributed by atoms with van der Waals surface area (Å²) in [6.07, 6.45) is 0.286. The van der Waals surface area contributed by atoms with Crippen LogP contribution in [0.4, 0.5) is 18.7 Å². The SMILES string of the molecule is CC(C)NC(=O)Nc1nc2c(s1)CN(S(=O)(=O)c1c(F)cccc1F)CC2. The summed E-state index contributed by atoms with van der Waals surface area (Å²) in [4.78, 5) is 15.7. The summed E-state index contributed by atoms with van der Waals surface area (Å²) in [5.41, 5.74) is 0.667. The van der Waals surface area contributed by atoms with Gasteiger partial charge in [0.15, 0.2) is 10.0 Å². The lowest BCUT2D eigenvalue weighted by Crippen LogP contribution is -2.36. The Morgan fingerprint density at radius 3 is 2.59 bits per heavy atom. The summed E-state index contributed by atoms with van der Waals surface area (Å²) in [6, 6.07) is 2.48. The molecular weight excluding hydrogens is 398 g/mol. The monoisotopic (exact) mass is 416 g/mol. The van der Waals surface area contributed by atoms with E-state index in [-0.39, 0.29) is 25.6 Å². The van der Waals surface area contributed by atoms with E-state index in [9.17, 15) is 22.0 Å².